The fourth-order valence-corrected chi connectivity index (χ4v) is 7.02. The van der Waals surface area contributed by atoms with Gasteiger partial charge in [0.25, 0.3) is 0 Å². The molecule has 1 amide bonds. The lowest BCUT2D eigenvalue weighted by atomic mass is 9.79. The summed E-state index contributed by atoms with van der Waals surface area (Å²) in [5, 5.41) is 6.34. The number of amides is 1. The molecule has 1 aromatic rings. The first-order chi connectivity index (χ1) is 17.5. The van der Waals surface area contributed by atoms with E-state index in [9.17, 15) is 9.59 Å². The van der Waals surface area contributed by atoms with Crippen LogP contribution in [0, 0.1) is 11.3 Å². The van der Waals surface area contributed by atoms with E-state index in [4.69, 9.17) is 17.0 Å². The van der Waals surface area contributed by atoms with Crippen molar-refractivity contribution in [2.24, 2.45) is 11.3 Å². The Labute approximate surface area is 232 Å². The highest BCUT2D eigenvalue weighted by Gasteiger charge is 2.54. The molecule has 1 aromatic carbocycles. The molecule has 2 fully saturated rings. The van der Waals surface area contributed by atoms with Crippen molar-refractivity contribution in [1.82, 2.24) is 15.5 Å². The quantitative estimate of drug-likeness (QED) is 0.383. The van der Waals surface area contributed by atoms with Crippen LogP contribution < -0.4 is 10.6 Å². The van der Waals surface area contributed by atoms with Crippen LogP contribution in [0.5, 0.6) is 0 Å². The number of carbonyl (C=O) groups is 2. The number of Topliss-reactive ketones (excluding diaryl/α,β-unsaturated/α-hetero) is 1. The number of hydrogen-bond acceptors (Lipinski definition) is 6. The van der Waals surface area contributed by atoms with Gasteiger partial charge in [-0.3, -0.25) is 9.59 Å². The molecule has 2 aliphatic heterocycles. The Morgan fingerprint density at radius 3 is 2.65 bits per heavy atom. The van der Waals surface area contributed by atoms with E-state index in [1.807, 2.05) is 57.1 Å². The van der Waals surface area contributed by atoms with Crippen LogP contribution in [-0.2, 0) is 14.3 Å². The Bertz CT molecular complexity index is 980. The second-order valence-corrected chi connectivity index (χ2v) is 13.0. The third kappa shape index (κ3) is 7.58. The maximum absolute atomic E-state index is 14.1. The van der Waals surface area contributed by atoms with Crippen LogP contribution in [0.3, 0.4) is 0 Å². The van der Waals surface area contributed by atoms with Crippen LogP contribution in [0.4, 0.5) is 0 Å². The van der Waals surface area contributed by atoms with Crippen molar-refractivity contribution < 1.29 is 14.3 Å². The molecule has 0 unspecified atom stereocenters. The van der Waals surface area contributed by atoms with Gasteiger partial charge in [-0.25, -0.2) is 0 Å². The number of ether oxygens (including phenoxy) is 1. The van der Waals surface area contributed by atoms with Crippen LogP contribution in [0.1, 0.15) is 65.4 Å². The second-order valence-electron chi connectivity index (χ2n) is 11.2. The van der Waals surface area contributed by atoms with Crippen molar-refractivity contribution in [3.63, 3.8) is 0 Å². The van der Waals surface area contributed by atoms with Gasteiger partial charge in [-0.15, -0.1) is 11.8 Å². The van der Waals surface area contributed by atoms with E-state index in [1.165, 1.54) is 0 Å². The summed E-state index contributed by atoms with van der Waals surface area (Å²) in [6.07, 6.45) is 3.77. The number of nitrogens with one attached hydrogen (secondary N) is 2. The Morgan fingerprint density at radius 2 is 2.00 bits per heavy atom. The molecule has 3 rings (SSSR count). The molecule has 0 aromatic heterocycles. The highest BCUT2D eigenvalue weighted by atomic mass is 32.2. The van der Waals surface area contributed by atoms with E-state index < -0.39 is 6.04 Å². The minimum absolute atomic E-state index is 0.00210. The van der Waals surface area contributed by atoms with Gasteiger partial charge in [0.05, 0.1) is 29.6 Å². The molecule has 0 spiro atoms. The summed E-state index contributed by atoms with van der Waals surface area (Å²) >= 11 is 7.30. The summed E-state index contributed by atoms with van der Waals surface area (Å²) < 4.78 is 6.04. The molecular formula is C29H43N3O3S2. The Hall–Kier alpha value is -1.90. The van der Waals surface area contributed by atoms with E-state index in [1.54, 1.807) is 11.8 Å². The van der Waals surface area contributed by atoms with Gasteiger partial charge in [-0.05, 0) is 48.3 Å². The first-order valence-electron chi connectivity index (χ1n) is 13.3. The number of hydrogen-bond donors (Lipinski definition) is 2. The highest BCUT2D eigenvalue weighted by Crippen LogP contribution is 2.47. The van der Waals surface area contributed by atoms with Crippen molar-refractivity contribution in [1.29, 1.82) is 0 Å². The lowest BCUT2D eigenvalue weighted by Crippen LogP contribution is -2.54. The number of thiocarbonyl (C=S) groups is 1. The maximum atomic E-state index is 14.1. The summed E-state index contributed by atoms with van der Waals surface area (Å²) in [5.41, 5.74) is 1.86. The van der Waals surface area contributed by atoms with Crippen LogP contribution in [0.15, 0.2) is 42.1 Å². The summed E-state index contributed by atoms with van der Waals surface area (Å²) in [7, 11) is 1.87. The van der Waals surface area contributed by atoms with Crippen molar-refractivity contribution in [2.75, 3.05) is 26.0 Å². The van der Waals surface area contributed by atoms with Gasteiger partial charge < -0.3 is 20.3 Å². The van der Waals surface area contributed by atoms with Gasteiger partial charge in [0.1, 0.15) is 6.04 Å². The minimum atomic E-state index is -0.468. The van der Waals surface area contributed by atoms with Gasteiger partial charge in [-0.1, -0.05) is 70.2 Å². The molecule has 0 aliphatic carbocycles. The van der Waals surface area contributed by atoms with E-state index in [-0.39, 0.29) is 40.4 Å². The monoisotopic (exact) mass is 545 g/mol. The maximum Gasteiger partial charge on any atom is 0.246 e. The zero-order valence-electron chi connectivity index (χ0n) is 23.1. The molecule has 2 aliphatic rings. The Kier molecular flexibility index (Phi) is 10.6. The molecule has 0 saturated carbocycles. The molecule has 4 atom stereocenters. The first-order valence-corrected chi connectivity index (χ1v) is 14.7. The third-order valence-corrected chi connectivity index (χ3v) is 9.04. The average Bonchev–Trinajstić information content (AvgIpc) is 3.04. The van der Waals surface area contributed by atoms with E-state index in [0.29, 0.717) is 31.0 Å². The summed E-state index contributed by atoms with van der Waals surface area (Å²) in [4.78, 5) is 30.5. The molecule has 0 radical (unpaired) electrons. The molecule has 37 heavy (non-hydrogen) atoms. The van der Waals surface area contributed by atoms with Crippen LogP contribution in [0.2, 0.25) is 0 Å². The zero-order valence-corrected chi connectivity index (χ0v) is 24.7. The van der Waals surface area contributed by atoms with Gasteiger partial charge in [0, 0.05) is 25.3 Å². The SMILES string of the molecule is CN/C=C(\C)COC[C@@H](CC(=O)[C@H]1N2C(=O)[C@@H](NC(=S)C(C)C)CCS[C@H]2CC1(C)C)c1ccccc1. The molecule has 8 heteroatoms. The second kappa shape index (κ2) is 13.3. The number of fused-ring (bicyclic) bond motifs is 1. The molecule has 2 N–H and O–H groups in total. The van der Waals surface area contributed by atoms with Gasteiger partial charge in [0.15, 0.2) is 5.78 Å². The van der Waals surface area contributed by atoms with Crippen molar-refractivity contribution >= 4 is 40.7 Å². The van der Waals surface area contributed by atoms with Gasteiger partial charge in [0.2, 0.25) is 5.91 Å². The summed E-state index contributed by atoms with van der Waals surface area (Å²) in [6.45, 7) is 11.3. The standard InChI is InChI=1S/C29H43N3O3S2/c1-19(2)27(36)31-23-12-13-37-25-15-29(4,5)26(32(25)28(23)34)24(33)14-22(21-10-8-7-9-11-21)18-35-17-20(3)16-30-6/h7-11,16,19,22-23,25-26,30H,12-15,17-18H2,1-6H3,(H,31,36)/b20-16+/t22-,23+,25+,26-/m1/s1. The van der Waals surface area contributed by atoms with Gasteiger partial charge in [-0.2, -0.15) is 0 Å². The van der Waals surface area contributed by atoms with Crippen molar-refractivity contribution in [3.8, 4) is 0 Å². The molecule has 2 saturated heterocycles. The summed E-state index contributed by atoms with van der Waals surface area (Å²) in [5.74, 6) is 1.06. The number of rotatable bonds is 11. The third-order valence-electron chi connectivity index (χ3n) is 7.20. The van der Waals surface area contributed by atoms with Gasteiger partial charge >= 0.3 is 0 Å². The van der Waals surface area contributed by atoms with Crippen LogP contribution in [0.25, 0.3) is 0 Å². The molecular weight excluding hydrogens is 502 g/mol. The average molecular weight is 546 g/mol. The molecule has 6 nitrogen and oxygen atoms in total. The molecule has 2 heterocycles. The number of thioether (sulfide) groups is 1. The number of nitrogens with zero attached hydrogens (tertiary/aromatic N) is 1. The minimum Gasteiger partial charge on any atom is -0.394 e. The largest absolute Gasteiger partial charge is 0.394 e. The smallest absolute Gasteiger partial charge is 0.246 e. The summed E-state index contributed by atoms with van der Waals surface area (Å²) in [6, 6.07) is 9.24. The molecule has 204 valence electrons. The zero-order chi connectivity index (χ0) is 27.2. The normalized spacial score (nSPS) is 24.4. The topological polar surface area (TPSA) is 70.7 Å². The van der Waals surface area contributed by atoms with E-state index in [0.717, 1.165) is 23.3 Å². The lowest BCUT2D eigenvalue weighted by molar-refractivity contribution is -0.141. The first kappa shape index (κ1) is 29.7. The number of carbonyl (C=O) groups excluding carboxylic acids is 2. The lowest BCUT2D eigenvalue weighted by Gasteiger charge is -2.35. The van der Waals surface area contributed by atoms with E-state index >= 15 is 0 Å². The predicted molar refractivity (Wildman–Crippen MR) is 157 cm³/mol. The highest BCUT2D eigenvalue weighted by molar-refractivity contribution is 7.99. The van der Waals surface area contributed by atoms with Crippen molar-refractivity contribution in [2.45, 2.75) is 77.3 Å². The Balaban J connectivity index is 1.82. The fourth-order valence-electron chi connectivity index (χ4n) is 5.30. The number of ketones is 1. The van der Waals surface area contributed by atoms with Crippen molar-refractivity contribution in [3.05, 3.63) is 47.7 Å². The predicted octanol–water partition coefficient (Wildman–Crippen LogP) is 4.90. The van der Waals surface area contributed by atoms with E-state index in [2.05, 4.69) is 36.6 Å². The fraction of sp³-hybridized carbons (Fsp3) is 0.621. The van der Waals surface area contributed by atoms with Crippen LogP contribution >= 0.6 is 24.0 Å². The van der Waals surface area contributed by atoms with Crippen LogP contribution in [-0.4, -0.2) is 65.1 Å². The Morgan fingerprint density at radius 1 is 1.30 bits per heavy atom. The number of benzene rings is 1. The molecule has 0 bridgehead atoms.